The first-order valence-corrected chi connectivity index (χ1v) is 12.6. The van der Waals surface area contributed by atoms with Gasteiger partial charge in [-0.3, -0.25) is 15.1 Å². The van der Waals surface area contributed by atoms with E-state index in [1.54, 1.807) is 63.6 Å². The van der Waals surface area contributed by atoms with Crippen LogP contribution in [0, 0.1) is 6.92 Å². The van der Waals surface area contributed by atoms with Crippen LogP contribution in [0.5, 0.6) is 0 Å². The number of aromatic nitrogens is 1. The van der Waals surface area contributed by atoms with Gasteiger partial charge in [0, 0.05) is 37.2 Å². The highest BCUT2D eigenvalue weighted by Crippen LogP contribution is 2.33. The summed E-state index contributed by atoms with van der Waals surface area (Å²) in [5, 5.41) is 9.71. The number of carbonyl (C=O) groups is 2. The average molecular weight is 578 g/mol. The fourth-order valence-electron chi connectivity index (χ4n) is 3.67. The summed E-state index contributed by atoms with van der Waals surface area (Å²) in [6, 6.07) is 8.27. The molecule has 1 heterocycles. The summed E-state index contributed by atoms with van der Waals surface area (Å²) in [7, 11) is 6.41. The standard InChI is InChI=1S/C26H30F3N7O3S/c1-15-6-7-17(23(37)33-19-9-16(13-35(3)4)8-18(11-19)26(27,28)29)10-21(15)36(30)14-20(31-2)22-12-32-24(40-22)34-25(38)39-5/h6-12,14,31H,13,30H2,1-5H3,(H,33,37)(H,32,34,38)/b20-14-. The quantitative estimate of drug-likeness (QED) is 0.210. The summed E-state index contributed by atoms with van der Waals surface area (Å²) in [4.78, 5) is 31.0. The Bertz CT molecular complexity index is 1410. The van der Waals surface area contributed by atoms with Crippen molar-refractivity contribution in [2.24, 2.45) is 5.84 Å². The molecule has 2 aromatic carbocycles. The molecule has 3 rings (SSSR count). The van der Waals surface area contributed by atoms with Crippen LogP contribution < -0.4 is 26.8 Å². The number of hydrogen-bond acceptors (Lipinski definition) is 9. The Morgan fingerprint density at radius 2 is 1.88 bits per heavy atom. The molecule has 214 valence electrons. The molecular weight excluding hydrogens is 547 g/mol. The maximum absolute atomic E-state index is 13.5. The number of halogens is 3. The van der Waals surface area contributed by atoms with Gasteiger partial charge in [0.05, 0.1) is 28.9 Å². The van der Waals surface area contributed by atoms with Crippen LogP contribution >= 0.6 is 11.3 Å². The minimum atomic E-state index is -4.57. The number of nitrogens with two attached hydrogens (primary N) is 1. The largest absolute Gasteiger partial charge is 0.453 e. The number of nitrogens with zero attached hydrogens (tertiary/aromatic N) is 3. The normalized spacial score (nSPS) is 11.8. The van der Waals surface area contributed by atoms with Crippen molar-refractivity contribution in [2.75, 3.05) is 43.9 Å². The second-order valence-electron chi connectivity index (χ2n) is 8.96. The van der Waals surface area contributed by atoms with Crippen molar-refractivity contribution in [1.82, 2.24) is 15.2 Å². The van der Waals surface area contributed by atoms with Gasteiger partial charge in [0.1, 0.15) is 0 Å². The third-order valence-corrected chi connectivity index (χ3v) is 6.48. The van der Waals surface area contributed by atoms with Gasteiger partial charge in [0.25, 0.3) is 5.91 Å². The average Bonchev–Trinajstić information content (AvgIpc) is 3.34. The summed E-state index contributed by atoms with van der Waals surface area (Å²) < 4.78 is 45.0. The molecule has 40 heavy (non-hydrogen) atoms. The first-order valence-electron chi connectivity index (χ1n) is 11.8. The molecule has 0 atom stereocenters. The smallest absolute Gasteiger partial charge is 0.416 e. The van der Waals surface area contributed by atoms with E-state index in [4.69, 9.17) is 5.84 Å². The molecule has 3 aromatic rings. The number of ether oxygens (including phenoxy) is 1. The van der Waals surface area contributed by atoms with Gasteiger partial charge in [0.15, 0.2) is 5.13 Å². The minimum absolute atomic E-state index is 0.0299. The number of hydrazine groups is 1. The zero-order valence-corrected chi connectivity index (χ0v) is 23.3. The number of thiazole rings is 1. The Balaban J connectivity index is 1.86. The highest BCUT2D eigenvalue weighted by Gasteiger charge is 2.31. The second kappa shape index (κ2) is 12.8. The molecule has 10 nitrogen and oxygen atoms in total. The summed E-state index contributed by atoms with van der Waals surface area (Å²) in [6.07, 6.45) is -2.09. The molecule has 14 heteroatoms. The Labute approximate surface area is 233 Å². The second-order valence-corrected chi connectivity index (χ2v) is 9.99. The Kier molecular flexibility index (Phi) is 9.74. The van der Waals surface area contributed by atoms with E-state index in [9.17, 15) is 22.8 Å². The SMILES string of the molecule is CN/C(=C\N(N)c1cc(C(=O)Nc2cc(CN(C)C)cc(C(F)(F)F)c2)ccc1C)c1cnc(NC(=O)OC)s1. The van der Waals surface area contributed by atoms with E-state index in [0.717, 1.165) is 17.7 Å². The van der Waals surface area contributed by atoms with E-state index < -0.39 is 23.7 Å². The van der Waals surface area contributed by atoms with E-state index >= 15 is 0 Å². The van der Waals surface area contributed by atoms with Gasteiger partial charge in [-0.2, -0.15) is 13.2 Å². The van der Waals surface area contributed by atoms with Crippen LogP contribution in [0.2, 0.25) is 0 Å². The van der Waals surface area contributed by atoms with E-state index in [2.05, 4.69) is 25.7 Å². The van der Waals surface area contributed by atoms with E-state index in [-0.39, 0.29) is 17.8 Å². The predicted molar refractivity (Wildman–Crippen MR) is 150 cm³/mol. The Morgan fingerprint density at radius 3 is 2.50 bits per heavy atom. The lowest BCUT2D eigenvalue weighted by Crippen LogP contribution is -2.27. The first-order chi connectivity index (χ1) is 18.8. The number of carbonyl (C=O) groups excluding carboxylic acids is 2. The Hall–Kier alpha value is -4.14. The van der Waals surface area contributed by atoms with Crippen LogP contribution in [0.25, 0.3) is 5.70 Å². The van der Waals surface area contributed by atoms with Crippen molar-refractivity contribution >= 4 is 45.5 Å². The van der Waals surface area contributed by atoms with E-state index in [1.807, 2.05) is 0 Å². The molecule has 0 aliphatic carbocycles. The van der Waals surface area contributed by atoms with Crippen molar-refractivity contribution < 1.29 is 27.5 Å². The zero-order valence-electron chi connectivity index (χ0n) is 22.5. The lowest BCUT2D eigenvalue weighted by atomic mass is 10.1. The third-order valence-electron chi connectivity index (χ3n) is 5.53. The molecule has 0 aliphatic rings. The van der Waals surface area contributed by atoms with Gasteiger partial charge in [0.2, 0.25) is 0 Å². The Morgan fingerprint density at radius 1 is 1.15 bits per heavy atom. The van der Waals surface area contributed by atoms with Gasteiger partial charge in [-0.15, -0.1) is 0 Å². The number of benzene rings is 2. The number of anilines is 3. The van der Waals surface area contributed by atoms with Crippen LogP contribution in [0.3, 0.4) is 0 Å². The van der Waals surface area contributed by atoms with Crippen molar-refractivity contribution in [3.05, 3.63) is 75.9 Å². The summed E-state index contributed by atoms with van der Waals surface area (Å²) in [6.45, 7) is 2.07. The monoisotopic (exact) mass is 577 g/mol. The van der Waals surface area contributed by atoms with Gasteiger partial charge in [-0.25, -0.2) is 15.6 Å². The van der Waals surface area contributed by atoms with Crippen molar-refractivity contribution in [3.63, 3.8) is 0 Å². The highest BCUT2D eigenvalue weighted by atomic mass is 32.1. The molecule has 0 aliphatic heterocycles. The molecule has 0 saturated heterocycles. The number of hydrogen-bond donors (Lipinski definition) is 4. The van der Waals surface area contributed by atoms with Crippen LogP contribution in [0.4, 0.5) is 34.5 Å². The summed E-state index contributed by atoms with van der Waals surface area (Å²) in [5.41, 5.74) is 1.59. The fraction of sp³-hybridized carbons (Fsp3) is 0.269. The number of methoxy groups -OCH3 is 1. The fourth-order valence-corrected chi connectivity index (χ4v) is 4.49. The molecule has 2 amide bonds. The molecule has 1 aromatic heterocycles. The topological polar surface area (TPSA) is 125 Å². The number of alkyl halides is 3. The van der Waals surface area contributed by atoms with Crippen molar-refractivity contribution in [3.8, 4) is 0 Å². The molecule has 0 spiro atoms. The molecule has 5 N–H and O–H groups in total. The van der Waals surface area contributed by atoms with Crippen LogP contribution in [0.15, 0.2) is 48.8 Å². The third kappa shape index (κ3) is 7.94. The summed E-state index contributed by atoms with van der Waals surface area (Å²) >= 11 is 1.18. The minimum Gasteiger partial charge on any atom is -0.453 e. The van der Waals surface area contributed by atoms with Crippen LogP contribution in [0.1, 0.15) is 31.9 Å². The predicted octanol–water partition coefficient (Wildman–Crippen LogP) is 4.86. The van der Waals surface area contributed by atoms with Gasteiger partial charge in [-0.1, -0.05) is 17.4 Å². The number of nitrogens with one attached hydrogen (secondary N) is 3. The van der Waals surface area contributed by atoms with Gasteiger partial charge < -0.3 is 20.3 Å². The van der Waals surface area contributed by atoms with Crippen molar-refractivity contribution in [1.29, 1.82) is 0 Å². The number of aryl methyl sites for hydroxylation is 1. The maximum Gasteiger partial charge on any atom is 0.416 e. The molecule has 0 unspecified atom stereocenters. The van der Waals surface area contributed by atoms with Crippen molar-refractivity contribution in [2.45, 2.75) is 19.6 Å². The molecule has 0 radical (unpaired) electrons. The zero-order chi connectivity index (χ0) is 29.6. The number of amides is 2. The first kappa shape index (κ1) is 30.4. The van der Waals surface area contributed by atoms with E-state index in [0.29, 0.717) is 27.0 Å². The van der Waals surface area contributed by atoms with Gasteiger partial charge >= 0.3 is 12.3 Å². The molecule has 0 saturated carbocycles. The number of rotatable bonds is 9. The molecular formula is C26H30F3N7O3S. The lowest BCUT2D eigenvalue weighted by Gasteiger charge is -2.19. The maximum atomic E-state index is 13.5. The van der Waals surface area contributed by atoms with Gasteiger partial charge in [-0.05, 0) is 62.5 Å². The highest BCUT2D eigenvalue weighted by molar-refractivity contribution is 7.16. The molecule has 0 bridgehead atoms. The van der Waals surface area contributed by atoms with E-state index in [1.165, 1.54) is 29.5 Å². The molecule has 0 fully saturated rings. The summed E-state index contributed by atoms with van der Waals surface area (Å²) in [5.74, 6) is 5.73. The van der Waals surface area contributed by atoms with Crippen LogP contribution in [-0.4, -0.2) is 50.1 Å². The van der Waals surface area contributed by atoms with Crippen LogP contribution in [-0.2, 0) is 17.5 Å². The lowest BCUT2D eigenvalue weighted by molar-refractivity contribution is -0.137.